The van der Waals surface area contributed by atoms with E-state index >= 15 is 0 Å². The number of aryl methyl sites for hydroxylation is 2. The van der Waals surface area contributed by atoms with Crippen molar-refractivity contribution in [3.05, 3.63) is 111 Å². The van der Waals surface area contributed by atoms with Crippen LogP contribution < -0.4 is 11.1 Å². The number of aromatic nitrogens is 1. The summed E-state index contributed by atoms with van der Waals surface area (Å²) in [6, 6.07) is 20.5. The van der Waals surface area contributed by atoms with Gasteiger partial charge in [-0.2, -0.15) is 0 Å². The quantitative estimate of drug-likeness (QED) is 0.387. The highest BCUT2D eigenvalue weighted by molar-refractivity contribution is 7.90. The van der Waals surface area contributed by atoms with E-state index in [1.54, 1.807) is 18.2 Å². The molecule has 1 amide bonds. The molecule has 7 nitrogen and oxygen atoms in total. The van der Waals surface area contributed by atoms with Crippen LogP contribution in [-0.2, 0) is 21.1 Å². The molecular formula is C30H27N3O4S. The fourth-order valence-electron chi connectivity index (χ4n) is 5.61. The number of nitrogen functional groups attached to an aromatic ring is 1. The summed E-state index contributed by atoms with van der Waals surface area (Å²) < 4.78 is 31.1. The van der Waals surface area contributed by atoms with Gasteiger partial charge in [0, 0.05) is 29.6 Å². The van der Waals surface area contributed by atoms with Gasteiger partial charge in [-0.25, -0.2) is 13.4 Å². The highest BCUT2D eigenvalue weighted by Crippen LogP contribution is 2.55. The molecule has 3 heterocycles. The van der Waals surface area contributed by atoms with E-state index in [1.807, 2.05) is 62.4 Å². The zero-order valence-electron chi connectivity index (χ0n) is 21.3. The molecule has 0 fully saturated rings. The van der Waals surface area contributed by atoms with Crippen LogP contribution in [0.4, 0.5) is 5.82 Å². The van der Waals surface area contributed by atoms with Crippen LogP contribution in [0.1, 0.15) is 61.6 Å². The predicted octanol–water partition coefficient (Wildman–Crippen LogP) is 4.80. The van der Waals surface area contributed by atoms with Crippen LogP contribution in [0.15, 0.2) is 71.6 Å². The summed E-state index contributed by atoms with van der Waals surface area (Å²) in [5.74, 6) is 0.286. The Labute approximate surface area is 221 Å². The molecular weight excluding hydrogens is 498 g/mol. The van der Waals surface area contributed by atoms with Gasteiger partial charge in [-0.3, -0.25) is 4.79 Å². The van der Waals surface area contributed by atoms with Crippen molar-refractivity contribution in [2.24, 2.45) is 0 Å². The summed E-state index contributed by atoms with van der Waals surface area (Å²) in [6.45, 7) is 4.19. The van der Waals surface area contributed by atoms with Crippen LogP contribution in [0.3, 0.4) is 0 Å². The molecule has 0 saturated carbocycles. The lowest BCUT2D eigenvalue weighted by Gasteiger charge is -2.18. The van der Waals surface area contributed by atoms with E-state index in [0.29, 0.717) is 28.4 Å². The Hall–Kier alpha value is -4.01. The van der Waals surface area contributed by atoms with Crippen LogP contribution in [-0.4, -0.2) is 25.6 Å². The second kappa shape index (κ2) is 8.79. The average Bonchev–Trinajstić information content (AvgIpc) is 3.44. The van der Waals surface area contributed by atoms with Gasteiger partial charge in [0.1, 0.15) is 18.0 Å². The number of rotatable bonds is 5. The Morgan fingerprint density at radius 1 is 0.947 bits per heavy atom. The minimum Gasteiger partial charge on any atom is -0.384 e. The second-order valence-corrected chi connectivity index (χ2v) is 11.9. The van der Waals surface area contributed by atoms with E-state index in [2.05, 4.69) is 10.3 Å². The maximum absolute atomic E-state index is 13.1. The van der Waals surface area contributed by atoms with E-state index in [0.717, 1.165) is 44.6 Å². The number of nitrogens with one attached hydrogen (secondary N) is 1. The lowest BCUT2D eigenvalue weighted by atomic mass is 9.84. The van der Waals surface area contributed by atoms with E-state index < -0.39 is 9.84 Å². The third-order valence-electron chi connectivity index (χ3n) is 7.44. The van der Waals surface area contributed by atoms with Gasteiger partial charge in [-0.1, -0.05) is 36.4 Å². The van der Waals surface area contributed by atoms with Gasteiger partial charge in [-0.05, 0) is 83.1 Å². The Bertz CT molecular complexity index is 1720. The molecule has 3 aromatic carbocycles. The third-order valence-corrected chi connectivity index (χ3v) is 8.59. The number of anilines is 1. The SMILES string of the molecule is Cc1cc(N)nc(C)c1CNC(=O)c1ccc2c(c1)C1OC2c2ccc(-c3ccccc3S(C)(=O)=O)cc21. The fraction of sp³-hybridized carbons (Fsp3) is 0.200. The molecule has 0 radical (unpaired) electrons. The van der Waals surface area contributed by atoms with E-state index in [9.17, 15) is 13.2 Å². The van der Waals surface area contributed by atoms with E-state index in [4.69, 9.17) is 10.5 Å². The maximum Gasteiger partial charge on any atom is 0.251 e. The molecule has 4 aromatic rings. The molecule has 38 heavy (non-hydrogen) atoms. The molecule has 2 aliphatic heterocycles. The standard InChI is InChI=1S/C30H27N3O4S/c1-16-12-27(31)33-17(2)25(16)15-32-30(34)19-9-11-22-24(14-19)29-23-13-18(8-10-21(23)28(22)37-29)20-6-4-5-7-26(20)38(3,35)36/h4-14,28-29H,15H2,1-3H3,(H2,31,33)(H,32,34). The average molecular weight is 526 g/mol. The summed E-state index contributed by atoms with van der Waals surface area (Å²) in [7, 11) is -3.39. The number of nitrogens with zero attached hydrogens (tertiary/aromatic N) is 1. The topological polar surface area (TPSA) is 111 Å². The van der Waals surface area contributed by atoms with Gasteiger partial charge >= 0.3 is 0 Å². The monoisotopic (exact) mass is 525 g/mol. The Morgan fingerprint density at radius 2 is 1.63 bits per heavy atom. The Morgan fingerprint density at radius 3 is 2.37 bits per heavy atom. The van der Waals surface area contributed by atoms with Gasteiger partial charge in [0.15, 0.2) is 9.84 Å². The number of ether oxygens (including phenoxy) is 1. The molecule has 192 valence electrons. The van der Waals surface area contributed by atoms with Crippen molar-refractivity contribution in [2.45, 2.75) is 37.5 Å². The minimum atomic E-state index is -3.39. The molecule has 2 aliphatic rings. The summed E-state index contributed by atoms with van der Waals surface area (Å²) in [6.07, 6.45) is 0.709. The normalized spacial score (nSPS) is 17.2. The number of pyridine rings is 1. The molecule has 8 heteroatoms. The number of carbonyl (C=O) groups excluding carboxylic acids is 1. The first-order valence-corrected chi connectivity index (χ1v) is 14.2. The van der Waals surface area contributed by atoms with Gasteiger partial charge in [0.2, 0.25) is 0 Å². The molecule has 1 aromatic heterocycles. The van der Waals surface area contributed by atoms with Crippen molar-refractivity contribution in [1.29, 1.82) is 0 Å². The molecule has 2 bridgehead atoms. The zero-order chi connectivity index (χ0) is 26.8. The van der Waals surface area contributed by atoms with Crippen LogP contribution in [0.2, 0.25) is 0 Å². The number of sulfone groups is 1. The first kappa shape index (κ1) is 24.3. The number of amides is 1. The highest BCUT2D eigenvalue weighted by atomic mass is 32.2. The van der Waals surface area contributed by atoms with Gasteiger partial charge in [0.25, 0.3) is 5.91 Å². The summed E-state index contributed by atoms with van der Waals surface area (Å²) in [4.78, 5) is 17.7. The molecule has 2 unspecified atom stereocenters. The lowest BCUT2D eigenvalue weighted by Crippen LogP contribution is -2.24. The molecule has 3 N–H and O–H groups in total. The largest absolute Gasteiger partial charge is 0.384 e. The van der Waals surface area contributed by atoms with Crippen molar-refractivity contribution < 1.29 is 17.9 Å². The molecule has 6 rings (SSSR count). The van der Waals surface area contributed by atoms with Crippen LogP contribution >= 0.6 is 0 Å². The van der Waals surface area contributed by atoms with Gasteiger partial charge in [-0.15, -0.1) is 0 Å². The third kappa shape index (κ3) is 3.97. The summed E-state index contributed by atoms with van der Waals surface area (Å²) in [5, 5.41) is 3.00. The first-order chi connectivity index (χ1) is 18.1. The molecule has 0 spiro atoms. The van der Waals surface area contributed by atoms with Crippen molar-refractivity contribution in [1.82, 2.24) is 10.3 Å². The number of fused-ring (bicyclic) bond motifs is 8. The van der Waals surface area contributed by atoms with Crippen LogP contribution in [0, 0.1) is 13.8 Å². The molecule has 0 saturated heterocycles. The number of hydrogen-bond acceptors (Lipinski definition) is 6. The molecule has 0 aliphatic carbocycles. The fourth-order valence-corrected chi connectivity index (χ4v) is 6.52. The first-order valence-electron chi connectivity index (χ1n) is 12.3. The summed E-state index contributed by atoms with van der Waals surface area (Å²) in [5.41, 5.74) is 14.7. The Balaban J connectivity index is 1.29. The second-order valence-electron chi connectivity index (χ2n) is 9.96. The van der Waals surface area contributed by atoms with Crippen LogP contribution in [0.5, 0.6) is 0 Å². The van der Waals surface area contributed by atoms with Crippen LogP contribution in [0.25, 0.3) is 11.1 Å². The molecule has 2 atom stereocenters. The Kier molecular flexibility index (Phi) is 5.63. The summed E-state index contributed by atoms with van der Waals surface area (Å²) >= 11 is 0. The smallest absolute Gasteiger partial charge is 0.251 e. The van der Waals surface area contributed by atoms with Gasteiger partial charge < -0.3 is 15.8 Å². The number of hydrogen-bond donors (Lipinski definition) is 2. The maximum atomic E-state index is 13.1. The predicted molar refractivity (Wildman–Crippen MR) is 145 cm³/mol. The van der Waals surface area contributed by atoms with Crippen molar-refractivity contribution >= 4 is 21.6 Å². The van der Waals surface area contributed by atoms with Gasteiger partial charge in [0.05, 0.1) is 4.90 Å². The van der Waals surface area contributed by atoms with Crippen molar-refractivity contribution in [3.8, 4) is 11.1 Å². The lowest BCUT2D eigenvalue weighted by molar-refractivity contribution is 0.0857. The number of carbonyl (C=O) groups is 1. The number of nitrogens with two attached hydrogens (primary N) is 1. The number of benzene rings is 3. The minimum absolute atomic E-state index is 0.178. The van der Waals surface area contributed by atoms with Crippen molar-refractivity contribution in [2.75, 3.05) is 12.0 Å². The van der Waals surface area contributed by atoms with E-state index in [-0.39, 0.29) is 18.1 Å². The zero-order valence-corrected chi connectivity index (χ0v) is 22.1. The van der Waals surface area contributed by atoms with E-state index in [1.165, 1.54) is 6.26 Å². The highest BCUT2D eigenvalue weighted by Gasteiger charge is 2.43. The van der Waals surface area contributed by atoms with Crippen molar-refractivity contribution in [3.63, 3.8) is 0 Å².